The summed E-state index contributed by atoms with van der Waals surface area (Å²) in [6, 6.07) is 1.11. The van der Waals surface area contributed by atoms with Crippen LogP contribution in [0.5, 0.6) is 0 Å². The van der Waals surface area contributed by atoms with Crippen molar-refractivity contribution in [3.63, 3.8) is 0 Å². The summed E-state index contributed by atoms with van der Waals surface area (Å²) in [5.41, 5.74) is 1.14. The van der Waals surface area contributed by atoms with Gasteiger partial charge in [0.25, 0.3) is 0 Å². The van der Waals surface area contributed by atoms with Crippen molar-refractivity contribution in [2.24, 2.45) is 0 Å². The number of aromatic nitrogens is 2. The predicted octanol–water partition coefficient (Wildman–Crippen LogP) is 2.36. The first-order valence-corrected chi connectivity index (χ1v) is 6.65. The Balaban J connectivity index is 1.84. The van der Waals surface area contributed by atoms with E-state index in [4.69, 9.17) is 0 Å². The number of nitrogens with one attached hydrogen (secondary N) is 1. The summed E-state index contributed by atoms with van der Waals surface area (Å²) >= 11 is 0. The van der Waals surface area contributed by atoms with E-state index >= 15 is 0 Å². The van der Waals surface area contributed by atoms with Gasteiger partial charge in [-0.2, -0.15) is 5.10 Å². The van der Waals surface area contributed by atoms with Gasteiger partial charge < -0.3 is 10.2 Å². The molecule has 1 aliphatic rings. The lowest BCUT2D eigenvalue weighted by atomic mass is 10.0. The number of rotatable bonds is 4. The Labute approximate surface area is 104 Å². The van der Waals surface area contributed by atoms with Crippen LogP contribution in [0.1, 0.15) is 39.2 Å². The largest absolute Gasteiger partial charge is 0.381 e. The molecule has 1 N–H and O–H groups in total. The van der Waals surface area contributed by atoms with Gasteiger partial charge in [0, 0.05) is 24.8 Å². The number of anilines is 1. The number of hydrogen-bond acceptors (Lipinski definition) is 3. The summed E-state index contributed by atoms with van der Waals surface area (Å²) in [5.74, 6) is 0. The molecule has 1 saturated heterocycles. The van der Waals surface area contributed by atoms with E-state index < -0.39 is 0 Å². The molecule has 1 unspecified atom stereocenters. The Bertz CT molecular complexity index is 345. The van der Waals surface area contributed by atoms with Crippen LogP contribution in [0.4, 0.5) is 5.69 Å². The highest BCUT2D eigenvalue weighted by molar-refractivity contribution is 5.38. The van der Waals surface area contributed by atoms with Gasteiger partial charge in [0.2, 0.25) is 0 Å². The predicted molar refractivity (Wildman–Crippen MR) is 71.4 cm³/mol. The Morgan fingerprint density at radius 1 is 1.47 bits per heavy atom. The van der Waals surface area contributed by atoms with Crippen molar-refractivity contribution in [2.45, 2.75) is 45.2 Å². The average Bonchev–Trinajstić information content (AvgIpc) is 2.77. The van der Waals surface area contributed by atoms with Crippen molar-refractivity contribution in [2.75, 3.05) is 25.5 Å². The van der Waals surface area contributed by atoms with Gasteiger partial charge in [-0.1, -0.05) is 6.42 Å². The molecule has 17 heavy (non-hydrogen) atoms. The van der Waals surface area contributed by atoms with Crippen LogP contribution in [0.15, 0.2) is 12.4 Å². The first kappa shape index (κ1) is 12.4. The molecule has 0 saturated carbocycles. The van der Waals surface area contributed by atoms with Gasteiger partial charge in [0.1, 0.15) is 0 Å². The number of piperidine rings is 1. The van der Waals surface area contributed by atoms with E-state index in [9.17, 15) is 0 Å². The van der Waals surface area contributed by atoms with Crippen LogP contribution in [0.3, 0.4) is 0 Å². The maximum Gasteiger partial charge on any atom is 0.0727 e. The fourth-order valence-corrected chi connectivity index (χ4v) is 2.35. The molecule has 1 fully saturated rings. The fraction of sp³-hybridized carbons (Fsp3) is 0.769. The van der Waals surface area contributed by atoms with Crippen molar-refractivity contribution >= 4 is 5.69 Å². The smallest absolute Gasteiger partial charge is 0.0727 e. The summed E-state index contributed by atoms with van der Waals surface area (Å²) in [4.78, 5) is 2.46. The quantitative estimate of drug-likeness (QED) is 0.871. The second-order valence-electron chi connectivity index (χ2n) is 5.31. The summed E-state index contributed by atoms with van der Waals surface area (Å²) in [6.45, 7) is 6.55. The molecule has 0 spiro atoms. The number of likely N-dealkylation sites (N-methyl/N-ethyl adjacent to an activating group) is 1. The first-order chi connectivity index (χ1) is 8.16. The fourth-order valence-electron chi connectivity index (χ4n) is 2.35. The molecule has 0 amide bonds. The summed E-state index contributed by atoms with van der Waals surface area (Å²) in [5, 5.41) is 7.83. The van der Waals surface area contributed by atoms with Gasteiger partial charge in [-0.25, -0.2) is 0 Å². The Morgan fingerprint density at radius 2 is 2.29 bits per heavy atom. The van der Waals surface area contributed by atoms with Crippen LogP contribution in [-0.2, 0) is 0 Å². The molecule has 4 nitrogen and oxygen atoms in total. The zero-order valence-electron chi connectivity index (χ0n) is 11.2. The molecule has 0 aromatic carbocycles. The molecule has 1 aliphatic heterocycles. The third-order valence-electron chi connectivity index (χ3n) is 3.59. The molecule has 96 valence electrons. The SMILES string of the molecule is CC(C)n1cc(NCC2CCCCN2C)cn1. The number of hydrogen-bond donors (Lipinski definition) is 1. The number of likely N-dealkylation sites (tertiary alicyclic amines) is 1. The van der Waals surface area contributed by atoms with Crippen molar-refractivity contribution < 1.29 is 0 Å². The highest BCUT2D eigenvalue weighted by atomic mass is 15.3. The third-order valence-corrected chi connectivity index (χ3v) is 3.59. The van der Waals surface area contributed by atoms with E-state index in [1.165, 1.54) is 25.8 Å². The van der Waals surface area contributed by atoms with Crippen molar-refractivity contribution in [3.05, 3.63) is 12.4 Å². The minimum Gasteiger partial charge on any atom is -0.381 e. The highest BCUT2D eigenvalue weighted by Crippen LogP contribution is 2.16. The van der Waals surface area contributed by atoms with Crippen molar-refractivity contribution in [3.8, 4) is 0 Å². The monoisotopic (exact) mass is 236 g/mol. The van der Waals surface area contributed by atoms with Crippen molar-refractivity contribution in [1.29, 1.82) is 0 Å². The van der Waals surface area contributed by atoms with E-state index in [1.807, 2.05) is 10.9 Å². The van der Waals surface area contributed by atoms with Gasteiger partial charge in [0.05, 0.1) is 11.9 Å². The van der Waals surface area contributed by atoms with E-state index in [-0.39, 0.29) is 0 Å². The van der Waals surface area contributed by atoms with Gasteiger partial charge in [-0.3, -0.25) is 4.68 Å². The maximum atomic E-state index is 4.34. The second kappa shape index (κ2) is 5.54. The van der Waals surface area contributed by atoms with Gasteiger partial charge >= 0.3 is 0 Å². The van der Waals surface area contributed by atoms with E-state index in [0.29, 0.717) is 12.1 Å². The minimum absolute atomic E-state index is 0.433. The Hall–Kier alpha value is -1.03. The van der Waals surface area contributed by atoms with Gasteiger partial charge in [-0.05, 0) is 40.3 Å². The van der Waals surface area contributed by atoms with E-state index in [0.717, 1.165) is 12.2 Å². The molecule has 0 bridgehead atoms. The summed E-state index contributed by atoms with van der Waals surface area (Å²) in [6.07, 6.45) is 8.03. The van der Waals surface area contributed by atoms with E-state index in [2.05, 4.69) is 42.4 Å². The van der Waals surface area contributed by atoms with Gasteiger partial charge in [0.15, 0.2) is 0 Å². The normalized spacial score (nSPS) is 22.0. The molecular weight excluding hydrogens is 212 g/mol. The van der Waals surface area contributed by atoms with Crippen LogP contribution < -0.4 is 5.32 Å². The molecule has 2 heterocycles. The lowest BCUT2D eigenvalue weighted by Gasteiger charge is -2.32. The van der Waals surface area contributed by atoms with Crippen LogP contribution in [0, 0.1) is 0 Å². The standard InChI is InChI=1S/C13H24N4/c1-11(2)17-10-12(8-15-17)14-9-13-6-4-5-7-16(13)3/h8,10-11,13-14H,4-7,9H2,1-3H3. The molecule has 0 aliphatic carbocycles. The topological polar surface area (TPSA) is 33.1 Å². The van der Waals surface area contributed by atoms with Crippen LogP contribution >= 0.6 is 0 Å². The molecule has 1 aromatic heterocycles. The molecule has 0 radical (unpaired) electrons. The molecular formula is C13H24N4. The summed E-state index contributed by atoms with van der Waals surface area (Å²) < 4.78 is 1.99. The zero-order chi connectivity index (χ0) is 12.3. The van der Waals surface area contributed by atoms with Gasteiger partial charge in [-0.15, -0.1) is 0 Å². The van der Waals surface area contributed by atoms with Crippen LogP contribution in [0.2, 0.25) is 0 Å². The second-order valence-corrected chi connectivity index (χ2v) is 5.31. The average molecular weight is 236 g/mol. The van der Waals surface area contributed by atoms with Crippen molar-refractivity contribution in [1.82, 2.24) is 14.7 Å². The lowest BCUT2D eigenvalue weighted by Crippen LogP contribution is -2.40. The summed E-state index contributed by atoms with van der Waals surface area (Å²) in [7, 11) is 2.23. The van der Waals surface area contributed by atoms with Crippen LogP contribution in [0.25, 0.3) is 0 Å². The maximum absolute atomic E-state index is 4.34. The van der Waals surface area contributed by atoms with E-state index in [1.54, 1.807) is 0 Å². The Kier molecular flexibility index (Phi) is 4.05. The molecule has 4 heteroatoms. The van der Waals surface area contributed by atoms with Crippen LogP contribution in [-0.4, -0.2) is 40.9 Å². The first-order valence-electron chi connectivity index (χ1n) is 6.65. The third kappa shape index (κ3) is 3.22. The lowest BCUT2D eigenvalue weighted by molar-refractivity contribution is 0.194. The number of nitrogens with zero attached hydrogens (tertiary/aromatic N) is 3. The Morgan fingerprint density at radius 3 is 2.94 bits per heavy atom. The zero-order valence-corrected chi connectivity index (χ0v) is 11.2. The molecule has 1 aromatic rings. The molecule has 1 atom stereocenters. The highest BCUT2D eigenvalue weighted by Gasteiger charge is 2.18. The minimum atomic E-state index is 0.433. The molecule has 2 rings (SSSR count).